The predicted octanol–water partition coefficient (Wildman–Crippen LogP) is 2.85. The summed E-state index contributed by atoms with van der Waals surface area (Å²) in [5.41, 5.74) is 2.20. The maximum absolute atomic E-state index is 12.2. The van der Waals surface area contributed by atoms with Crippen LogP contribution in [0, 0.1) is 5.92 Å². The second-order valence-electron chi connectivity index (χ2n) is 8.09. The second-order valence-corrected chi connectivity index (χ2v) is 8.09. The summed E-state index contributed by atoms with van der Waals surface area (Å²) in [7, 11) is 1.22. The van der Waals surface area contributed by atoms with Gasteiger partial charge >= 0.3 is 17.9 Å². The zero-order valence-electron chi connectivity index (χ0n) is 21.2. The van der Waals surface area contributed by atoms with Crippen molar-refractivity contribution in [3.63, 3.8) is 0 Å². The van der Waals surface area contributed by atoms with Crippen molar-refractivity contribution in [1.29, 1.82) is 0 Å². The lowest BCUT2D eigenvalue weighted by Crippen LogP contribution is -2.17. The molecule has 35 heavy (non-hydrogen) atoms. The minimum absolute atomic E-state index is 0.0637. The molecule has 0 radical (unpaired) electrons. The molecule has 0 fully saturated rings. The SMILES string of the molecule is COC(=O)/C=C/C(=O)OCCOCCOCCOCCOC(=O)C(C)c1ccc(CC(C)C)cc1. The lowest BCUT2D eigenvalue weighted by atomic mass is 9.97. The molecule has 1 unspecified atom stereocenters. The molecule has 0 aliphatic carbocycles. The molecule has 1 aromatic carbocycles. The molecule has 9 heteroatoms. The Morgan fingerprint density at radius 3 is 1.71 bits per heavy atom. The maximum atomic E-state index is 12.2. The van der Waals surface area contributed by atoms with Crippen LogP contribution in [0.5, 0.6) is 0 Å². The molecule has 1 aromatic rings. The number of ether oxygens (including phenoxy) is 6. The lowest BCUT2D eigenvalue weighted by molar-refractivity contribution is -0.146. The average molecular weight is 495 g/mol. The molecular weight excluding hydrogens is 456 g/mol. The fourth-order valence-electron chi connectivity index (χ4n) is 2.87. The molecule has 0 heterocycles. The molecular formula is C26H38O9. The van der Waals surface area contributed by atoms with Gasteiger partial charge in [0.2, 0.25) is 0 Å². The molecule has 0 N–H and O–H groups in total. The quantitative estimate of drug-likeness (QED) is 0.132. The number of benzene rings is 1. The zero-order chi connectivity index (χ0) is 25.9. The summed E-state index contributed by atoms with van der Waals surface area (Å²) < 4.78 is 30.5. The Kier molecular flexibility index (Phi) is 16.1. The Bertz CT molecular complexity index is 772. The lowest BCUT2D eigenvalue weighted by Gasteiger charge is -2.13. The third-order valence-electron chi connectivity index (χ3n) is 4.72. The summed E-state index contributed by atoms with van der Waals surface area (Å²) in [6.07, 6.45) is 2.99. The van der Waals surface area contributed by atoms with Crippen LogP contribution in [0.1, 0.15) is 37.8 Å². The van der Waals surface area contributed by atoms with Crippen LogP contribution in [0.15, 0.2) is 36.4 Å². The Hall–Kier alpha value is -2.75. The molecule has 9 nitrogen and oxygen atoms in total. The van der Waals surface area contributed by atoms with Crippen LogP contribution in [0.25, 0.3) is 0 Å². The van der Waals surface area contributed by atoms with Gasteiger partial charge in [-0.1, -0.05) is 38.1 Å². The van der Waals surface area contributed by atoms with Gasteiger partial charge in [0.1, 0.15) is 13.2 Å². The molecule has 0 amide bonds. The molecule has 0 saturated carbocycles. The van der Waals surface area contributed by atoms with Crippen LogP contribution in [0.4, 0.5) is 0 Å². The summed E-state index contributed by atoms with van der Waals surface area (Å²) >= 11 is 0. The number of carbonyl (C=O) groups is 3. The van der Waals surface area contributed by atoms with Gasteiger partial charge in [0, 0.05) is 12.2 Å². The van der Waals surface area contributed by atoms with Crippen LogP contribution in [-0.4, -0.2) is 77.9 Å². The third-order valence-corrected chi connectivity index (χ3v) is 4.72. The second kappa shape index (κ2) is 18.6. The van der Waals surface area contributed by atoms with Gasteiger partial charge in [0.05, 0.1) is 52.7 Å². The number of hydrogen-bond acceptors (Lipinski definition) is 9. The predicted molar refractivity (Wildman–Crippen MR) is 129 cm³/mol. The molecule has 0 aromatic heterocycles. The van der Waals surface area contributed by atoms with Gasteiger partial charge in [-0.05, 0) is 30.4 Å². The molecule has 0 aliphatic rings. The van der Waals surface area contributed by atoms with E-state index in [1.54, 1.807) is 0 Å². The van der Waals surface area contributed by atoms with Crippen molar-refractivity contribution >= 4 is 17.9 Å². The number of rotatable bonds is 18. The fourth-order valence-corrected chi connectivity index (χ4v) is 2.87. The Morgan fingerprint density at radius 2 is 1.20 bits per heavy atom. The van der Waals surface area contributed by atoms with E-state index in [9.17, 15) is 14.4 Å². The summed E-state index contributed by atoms with van der Waals surface area (Å²) in [6, 6.07) is 8.10. The van der Waals surface area contributed by atoms with E-state index in [-0.39, 0.29) is 31.7 Å². The largest absolute Gasteiger partial charge is 0.466 e. The smallest absolute Gasteiger partial charge is 0.331 e. The van der Waals surface area contributed by atoms with Gasteiger partial charge in [-0.25, -0.2) is 9.59 Å². The van der Waals surface area contributed by atoms with E-state index in [0.717, 1.165) is 24.1 Å². The monoisotopic (exact) mass is 494 g/mol. The summed E-state index contributed by atoms with van der Waals surface area (Å²) in [5, 5.41) is 0. The number of methoxy groups -OCH3 is 1. The average Bonchev–Trinajstić information content (AvgIpc) is 2.84. The molecule has 0 aliphatic heterocycles. The van der Waals surface area contributed by atoms with Gasteiger partial charge < -0.3 is 28.4 Å². The molecule has 0 bridgehead atoms. The first kappa shape index (κ1) is 30.3. The first-order valence-corrected chi connectivity index (χ1v) is 11.7. The van der Waals surface area contributed by atoms with E-state index in [1.165, 1.54) is 12.7 Å². The van der Waals surface area contributed by atoms with Crippen molar-refractivity contribution in [2.45, 2.75) is 33.1 Å². The van der Waals surface area contributed by atoms with E-state index in [2.05, 4.69) is 30.7 Å². The van der Waals surface area contributed by atoms with Crippen LogP contribution in [0.3, 0.4) is 0 Å². The number of hydrogen-bond donors (Lipinski definition) is 0. The van der Waals surface area contributed by atoms with Gasteiger partial charge in [-0.3, -0.25) is 4.79 Å². The Balaban J connectivity index is 1.97. The Labute approximate surface area is 207 Å². The van der Waals surface area contributed by atoms with Crippen molar-refractivity contribution in [3.8, 4) is 0 Å². The third kappa shape index (κ3) is 15.0. The molecule has 1 rings (SSSR count). The number of esters is 3. The standard InChI is InChI=1S/C26H38O9/c1-20(2)19-22-5-7-23(8-6-22)21(3)26(29)35-18-16-33-14-12-31-11-13-32-15-17-34-25(28)10-9-24(27)30-4/h5-10,20-21H,11-19H2,1-4H3/b10-9+. The highest BCUT2D eigenvalue weighted by Gasteiger charge is 2.16. The highest BCUT2D eigenvalue weighted by atomic mass is 16.6. The molecule has 0 spiro atoms. The van der Waals surface area contributed by atoms with Gasteiger partial charge in [0.15, 0.2) is 0 Å². The highest BCUT2D eigenvalue weighted by Crippen LogP contribution is 2.18. The minimum Gasteiger partial charge on any atom is -0.466 e. The summed E-state index contributed by atoms with van der Waals surface area (Å²) in [6.45, 7) is 8.40. The van der Waals surface area contributed by atoms with Crippen molar-refractivity contribution < 1.29 is 42.8 Å². The van der Waals surface area contributed by atoms with Crippen molar-refractivity contribution in [2.75, 3.05) is 60.0 Å². The van der Waals surface area contributed by atoms with Crippen LogP contribution < -0.4 is 0 Å². The first-order chi connectivity index (χ1) is 16.8. The highest BCUT2D eigenvalue weighted by molar-refractivity contribution is 5.91. The van der Waals surface area contributed by atoms with Crippen LogP contribution in [0.2, 0.25) is 0 Å². The van der Waals surface area contributed by atoms with Crippen molar-refractivity contribution in [2.24, 2.45) is 5.92 Å². The Morgan fingerprint density at radius 1 is 0.714 bits per heavy atom. The minimum atomic E-state index is -0.650. The van der Waals surface area contributed by atoms with Gasteiger partial charge in [0.25, 0.3) is 0 Å². The maximum Gasteiger partial charge on any atom is 0.331 e. The van der Waals surface area contributed by atoms with E-state index >= 15 is 0 Å². The van der Waals surface area contributed by atoms with Crippen LogP contribution in [-0.2, 0) is 49.2 Å². The summed E-state index contributed by atoms with van der Waals surface area (Å²) in [5.74, 6) is -1.29. The van der Waals surface area contributed by atoms with Crippen LogP contribution >= 0.6 is 0 Å². The fraction of sp³-hybridized carbons (Fsp3) is 0.577. The van der Waals surface area contributed by atoms with Crippen molar-refractivity contribution in [1.82, 2.24) is 0 Å². The zero-order valence-corrected chi connectivity index (χ0v) is 21.2. The van der Waals surface area contributed by atoms with Crippen molar-refractivity contribution in [3.05, 3.63) is 47.5 Å². The number of carbonyl (C=O) groups excluding carboxylic acids is 3. The topological polar surface area (TPSA) is 107 Å². The molecule has 1 atom stereocenters. The van der Waals surface area contributed by atoms with E-state index in [1.807, 2.05) is 19.1 Å². The summed E-state index contributed by atoms with van der Waals surface area (Å²) in [4.78, 5) is 34.4. The van der Waals surface area contributed by atoms with Gasteiger partial charge in [-0.15, -0.1) is 0 Å². The van der Waals surface area contributed by atoms with E-state index in [4.69, 9.17) is 23.7 Å². The normalized spacial score (nSPS) is 12.0. The van der Waals surface area contributed by atoms with E-state index in [0.29, 0.717) is 39.0 Å². The van der Waals surface area contributed by atoms with E-state index < -0.39 is 11.9 Å². The molecule has 196 valence electrons. The first-order valence-electron chi connectivity index (χ1n) is 11.7. The molecule has 0 saturated heterocycles. The van der Waals surface area contributed by atoms with Gasteiger partial charge in [-0.2, -0.15) is 0 Å².